The van der Waals surface area contributed by atoms with Crippen LogP contribution in [-0.4, -0.2) is 29.5 Å². The molecule has 1 unspecified atom stereocenters. The zero-order valence-corrected chi connectivity index (χ0v) is 12.2. The molecule has 1 fully saturated rings. The van der Waals surface area contributed by atoms with Crippen molar-refractivity contribution in [3.63, 3.8) is 0 Å². The molecule has 0 saturated carbocycles. The van der Waals surface area contributed by atoms with Gasteiger partial charge in [0.2, 0.25) is 0 Å². The fourth-order valence-electron chi connectivity index (χ4n) is 2.56. The van der Waals surface area contributed by atoms with Crippen molar-refractivity contribution in [2.45, 2.75) is 32.9 Å². The first-order valence-electron chi connectivity index (χ1n) is 6.55. The van der Waals surface area contributed by atoms with Gasteiger partial charge in [0.25, 0.3) is 0 Å². The fraction of sp³-hybridized carbons (Fsp3) is 0.533. The van der Waals surface area contributed by atoms with Crippen LogP contribution >= 0.6 is 11.6 Å². The van der Waals surface area contributed by atoms with Gasteiger partial charge in [-0.25, -0.2) is 4.79 Å². The number of ether oxygens (including phenoxy) is 1. The number of hydrogen-bond donors (Lipinski definition) is 0. The van der Waals surface area contributed by atoms with Crippen molar-refractivity contribution in [2.24, 2.45) is 5.41 Å². The number of nitrogens with zero attached hydrogens (tertiary/aromatic N) is 1. The smallest absolute Gasteiger partial charge is 0.410 e. The van der Waals surface area contributed by atoms with Gasteiger partial charge in [-0.05, 0) is 17.4 Å². The lowest BCUT2D eigenvalue weighted by molar-refractivity contribution is 0.0924. The number of carbonyl (C=O) groups is 1. The Morgan fingerprint density at radius 3 is 2.74 bits per heavy atom. The maximum atomic E-state index is 12.1. The van der Waals surface area contributed by atoms with Crippen LogP contribution in [0.5, 0.6) is 0 Å². The Labute approximate surface area is 119 Å². The molecule has 2 rings (SSSR count). The first-order chi connectivity index (χ1) is 9.02. The molecule has 1 aliphatic rings. The van der Waals surface area contributed by atoms with Crippen LogP contribution in [0.3, 0.4) is 0 Å². The average molecular weight is 282 g/mol. The summed E-state index contributed by atoms with van der Waals surface area (Å²) in [5.41, 5.74) is 1.11. The van der Waals surface area contributed by atoms with Gasteiger partial charge in [-0.2, -0.15) is 0 Å². The van der Waals surface area contributed by atoms with E-state index in [2.05, 4.69) is 13.8 Å². The van der Waals surface area contributed by atoms with Crippen LogP contribution in [0.15, 0.2) is 30.3 Å². The van der Waals surface area contributed by atoms with E-state index in [-0.39, 0.29) is 17.6 Å². The highest BCUT2D eigenvalue weighted by molar-refractivity contribution is 6.18. The first-order valence-corrected chi connectivity index (χ1v) is 7.08. The maximum absolute atomic E-state index is 12.1. The van der Waals surface area contributed by atoms with Gasteiger partial charge in [0.15, 0.2) is 0 Å². The van der Waals surface area contributed by atoms with E-state index >= 15 is 0 Å². The molecule has 4 heteroatoms. The zero-order chi connectivity index (χ0) is 13.9. The third kappa shape index (κ3) is 3.63. The van der Waals surface area contributed by atoms with Crippen molar-refractivity contribution >= 4 is 17.7 Å². The number of alkyl halides is 1. The monoisotopic (exact) mass is 281 g/mol. The number of carbonyl (C=O) groups excluding carboxylic acids is 1. The van der Waals surface area contributed by atoms with Gasteiger partial charge >= 0.3 is 6.09 Å². The number of likely N-dealkylation sites (tertiary alicyclic amines) is 1. The summed E-state index contributed by atoms with van der Waals surface area (Å²) in [6.07, 6.45) is 0.664. The van der Waals surface area contributed by atoms with E-state index < -0.39 is 0 Å². The standard InChI is InChI=1S/C15H20ClNO2/c1-15(2)8-13(9-16)17(11-15)14(18)19-10-12-6-4-3-5-7-12/h3-7,13H,8-11H2,1-2H3. The van der Waals surface area contributed by atoms with Crippen LogP contribution in [0.4, 0.5) is 4.79 Å². The Bertz CT molecular complexity index is 433. The molecule has 0 bridgehead atoms. The van der Waals surface area contributed by atoms with E-state index in [1.165, 1.54) is 0 Å². The minimum absolute atomic E-state index is 0.0833. The van der Waals surface area contributed by atoms with Crippen LogP contribution in [0, 0.1) is 5.41 Å². The summed E-state index contributed by atoms with van der Waals surface area (Å²) in [5.74, 6) is 0.462. The van der Waals surface area contributed by atoms with E-state index in [0.29, 0.717) is 19.0 Å². The lowest BCUT2D eigenvalue weighted by Gasteiger charge is -2.22. The van der Waals surface area contributed by atoms with Crippen LogP contribution in [0.1, 0.15) is 25.8 Å². The Morgan fingerprint density at radius 1 is 1.42 bits per heavy atom. The number of benzene rings is 1. The molecule has 1 aromatic carbocycles. The number of hydrogen-bond acceptors (Lipinski definition) is 2. The molecule has 0 aromatic heterocycles. The lowest BCUT2D eigenvalue weighted by Crippen LogP contribution is -2.37. The van der Waals surface area contributed by atoms with Gasteiger partial charge in [-0.1, -0.05) is 44.2 Å². The second kappa shape index (κ2) is 5.83. The van der Waals surface area contributed by atoms with E-state index in [1.807, 2.05) is 30.3 Å². The van der Waals surface area contributed by atoms with E-state index in [4.69, 9.17) is 16.3 Å². The molecule has 1 aliphatic heterocycles. The minimum atomic E-state index is -0.264. The Balaban J connectivity index is 1.93. The average Bonchev–Trinajstić information content (AvgIpc) is 2.72. The van der Waals surface area contributed by atoms with E-state index in [0.717, 1.165) is 12.0 Å². The summed E-state index contributed by atoms with van der Waals surface area (Å²) in [4.78, 5) is 13.9. The molecule has 104 valence electrons. The normalized spacial score (nSPS) is 21.4. The molecule has 3 nitrogen and oxygen atoms in total. The van der Waals surface area contributed by atoms with Crippen molar-refractivity contribution < 1.29 is 9.53 Å². The molecule has 1 heterocycles. The minimum Gasteiger partial charge on any atom is -0.445 e. The molecule has 0 aliphatic carbocycles. The Hall–Kier alpha value is -1.22. The second-order valence-electron chi connectivity index (χ2n) is 5.84. The van der Waals surface area contributed by atoms with Crippen molar-refractivity contribution in [3.8, 4) is 0 Å². The van der Waals surface area contributed by atoms with E-state index in [9.17, 15) is 4.79 Å². The highest BCUT2D eigenvalue weighted by Crippen LogP contribution is 2.34. The quantitative estimate of drug-likeness (QED) is 0.791. The Morgan fingerprint density at radius 2 is 2.11 bits per heavy atom. The second-order valence-corrected chi connectivity index (χ2v) is 6.15. The molecule has 0 spiro atoms. The summed E-state index contributed by atoms with van der Waals surface area (Å²) < 4.78 is 5.37. The lowest BCUT2D eigenvalue weighted by atomic mass is 9.91. The van der Waals surface area contributed by atoms with Gasteiger partial charge in [-0.15, -0.1) is 11.6 Å². The maximum Gasteiger partial charge on any atom is 0.410 e. The van der Waals surface area contributed by atoms with Crippen LogP contribution in [0.25, 0.3) is 0 Å². The Kier molecular flexibility index (Phi) is 4.35. The largest absolute Gasteiger partial charge is 0.445 e. The summed E-state index contributed by atoms with van der Waals surface area (Å²) in [7, 11) is 0. The number of amides is 1. The van der Waals surface area contributed by atoms with Crippen LogP contribution in [-0.2, 0) is 11.3 Å². The van der Waals surface area contributed by atoms with Crippen molar-refractivity contribution in [2.75, 3.05) is 12.4 Å². The number of halogens is 1. The topological polar surface area (TPSA) is 29.5 Å². The zero-order valence-electron chi connectivity index (χ0n) is 11.4. The highest BCUT2D eigenvalue weighted by atomic mass is 35.5. The molecule has 19 heavy (non-hydrogen) atoms. The third-order valence-corrected chi connectivity index (χ3v) is 3.80. The summed E-state index contributed by atoms with van der Waals surface area (Å²) in [6.45, 7) is 5.32. The van der Waals surface area contributed by atoms with Gasteiger partial charge in [0.05, 0.1) is 0 Å². The third-order valence-electron chi connectivity index (χ3n) is 3.45. The van der Waals surface area contributed by atoms with E-state index in [1.54, 1.807) is 4.90 Å². The molecular formula is C15H20ClNO2. The molecule has 1 saturated heterocycles. The predicted molar refractivity (Wildman–Crippen MR) is 76.2 cm³/mol. The van der Waals surface area contributed by atoms with Crippen LogP contribution < -0.4 is 0 Å². The van der Waals surface area contributed by atoms with Gasteiger partial charge < -0.3 is 9.64 Å². The fourth-order valence-corrected chi connectivity index (χ4v) is 2.83. The van der Waals surface area contributed by atoms with Crippen molar-refractivity contribution in [1.82, 2.24) is 4.90 Å². The predicted octanol–water partition coefficient (Wildman–Crippen LogP) is 3.66. The first kappa shape index (κ1) is 14.2. The molecule has 0 radical (unpaired) electrons. The molecule has 1 amide bonds. The van der Waals surface area contributed by atoms with Gasteiger partial charge in [-0.3, -0.25) is 0 Å². The van der Waals surface area contributed by atoms with Crippen LogP contribution in [0.2, 0.25) is 0 Å². The summed E-state index contributed by atoms with van der Waals surface area (Å²) in [6, 6.07) is 9.78. The summed E-state index contributed by atoms with van der Waals surface area (Å²) in [5, 5.41) is 0. The molecule has 0 N–H and O–H groups in total. The molecular weight excluding hydrogens is 262 g/mol. The van der Waals surface area contributed by atoms with Gasteiger partial charge in [0, 0.05) is 18.5 Å². The van der Waals surface area contributed by atoms with Gasteiger partial charge in [0.1, 0.15) is 6.61 Å². The highest BCUT2D eigenvalue weighted by Gasteiger charge is 2.40. The van der Waals surface area contributed by atoms with Crippen molar-refractivity contribution in [3.05, 3.63) is 35.9 Å². The SMILES string of the molecule is CC1(C)CC(CCl)N(C(=O)OCc2ccccc2)C1. The van der Waals surface area contributed by atoms with Crippen molar-refractivity contribution in [1.29, 1.82) is 0 Å². The molecule has 1 atom stereocenters. The summed E-state index contributed by atoms with van der Waals surface area (Å²) >= 11 is 5.94. The number of rotatable bonds is 3. The molecule has 1 aromatic rings.